The fourth-order valence-corrected chi connectivity index (χ4v) is 3.80. The molecule has 1 saturated heterocycles. The summed E-state index contributed by atoms with van der Waals surface area (Å²) in [6.07, 6.45) is 4.36. The van der Waals surface area contributed by atoms with Gasteiger partial charge in [-0.3, -0.25) is 4.68 Å². The van der Waals surface area contributed by atoms with Crippen molar-refractivity contribution in [2.24, 2.45) is 5.73 Å². The van der Waals surface area contributed by atoms with Crippen LogP contribution in [0, 0.1) is 0 Å². The van der Waals surface area contributed by atoms with Crippen LogP contribution in [0.2, 0.25) is 0 Å². The van der Waals surface area contributed by atoms with Crippen LogP contribution < -0.4 is 5.73 Å². The third-order valence-electron chi connectivity index (χ3n) is 3.68. The molecule has 1 aromatic rings. The van der Waals surface area contributed by atoms with Gasteiger partial charge in [0.25, 0.3) is 0 Å². The lowest BCUT2D eigenvalue weighted by Crippen LogP contribution is -2.40. The van der Waals surface area contributed by atoms with Crippen molar-refractivity contribution in [2.75, 3.05) is 20.2 Å². The topological polar surface area (TPSA) is 90.5 Å². The summed E-state index contributed by atoms with van der Waals surface area (Å²) in [4.78, 5) is 0.219. The minimum Gasteiger partial charge on any atom is -0.377 e. The molecule has 2 N–H and O–H groups in total. The summed E-state index contributed by atoms with van der Waals surface area (Å²) < 4.78 is 33.5. The first-order valence-corrected chi connectivity index (χ1v) is 8.23. The van der Waals surface area contributed by atoms with Crippen LogP contribution >= 0.6 is 0 Å². The molecule has 8 heteroatoms. The average Bonchev–Trinajstić information content (AvgIpc) is 3.04. The van der Waals surface area contributed by atoms with E-state index in [1.807, 2.05) is 6.92 Å². The lowest BCUT2D eigenvalue weighted by Gasteiger charge is -2.25. The molecular formula is C12H22N4O3S. The quantitative estimate of drug-likeness (QED) is 0.800. The van der Waals surface area contributed by atoms with Crippen molar-refractivity contribution in [1.82, 2.24) is 14.1 Å². The first-order valence-electron chi connectivity index (χ1n) is 6.79. The molecular weight excluding hydrogens is 280 g/mol. The van der Waals surface area contributed by atoms with Gasteiger partial charge in [-0.25, -0.2) is 8.42 Å². The Morgan fingerprint density at radius 3 is 2.95 bits per heavy atom. The number of hydrogen-bond acceptors (Lipinski definition) is 5. The molecule has 114 valence electrons. The predicted octanol–water partition coefficient (Wildman–Crippen LogP) is 0.0298. The number of aryl methyl sites for hydroxylation is 1. The Morgan fingerprint density at radius 2 is 2.35 bits per heavy atom. The van der Waals surface area contributed by atoms with E-state index >= 15 is 0 Å². The van der Waals surface area contributed by atoms with Gasteiger partial charge in [-0.1, -0.05) is 0 Å². The Bertz CT molecular complexity index is 543. The minimum absolute atomic E-state index is 0.0814. The highest BCUT2D eigenvalue weighted by atomic mass is 32.2. The molecule has 0 saturated carbocycles. The SMILES string of the molecule is CC1OCCC1N(C)S(=O)(=O)c1cnn(CCCN)c1. The Hall–Kier alpha value is -0.960. The highest BCUT2D eigenvalue weighted by Crippen LogP contribution is 2.24. The molecule has 20 heavy (non-hydrogen) atoms. The van der Waals surface area contributed by atoms with E-state index < -0.39 is 10.0 Å². The van der Waals surface area contributed by atoms with Gasteiger partial charge in [0.1, 0.15) is 4.90 Å². The number of hydrogen-bond donors (Lipinski definition) is 1. The standard InChI is InChI=1S/C12H22N4O3S/c1-10-12(4-7-19-10)15(2)20(17,18)11-8-14-16(9-11)6-3-5-13/h8-10,12H,3-7,13H2,1-2H3. The molecule has 0 aromatic carbocycles. The second-order valence-corrected chi connectivity index (χ2v) is 7.03. The second kappa shape index (κ2) is 6.21. The molecule has 1 aromatic heterocycles. The van der Waals surface area contributed by atoms with Gasteiger partial charge in [0.05, 0.1) is 18.3 Å². The van der Waals surface area contributed by atoms with Crippen LogP contribution in [0.4, 0.5) is 0 Å². The molecule has 7 nitrogen and oxygen atoms in total. The third kappa shape index (κ3) is 3.03. The van der Waals surface area contributed by atoms with Gasteiger partial charge < -0.3 is 10.5 Å². The van der Waals surface area contributed by atoms with Crippen LogP contribution in [0.15, 0.2) is 17.3 Å². The fraction of sp³-hybridized carbons (Fsp3) is 0.750. The van der Waals surface area contributed by atoms with Gasteiger partial charge >= 0.3 is 0 Å². The van der Waals surface area contributed by atoms with Crippen molar-refractivity contribution in [1.29, 1.82) is 0 Å². The van der Waals surface area contributed by atoms with Crippen LogP contribution in [-0.2, 0) is 21.3 Å². The smallest absolute Gasteiger partial charge is 0.246 e. The molecule has 2 atom stereocenters. The normalized spacial score (nSPS) is 23.6. The van der Waals surface area contributed by atoms with E-state index in [0.29, 0.717) is 19.7 Å². The Morgan fingerprint density at radius 1 is 1.60 bits per heavy atom. The van der Waals surface area contributed by atoms with Crippen molar-refractivity contribution in [2.45, 2.75) is 43.4 Å². The highest BCUT2D eigenvalue weighted by molar-refractivity contribution is 7.89. The lowest BCUT2D eigenvalue weighted by molar-refractivity contribution is 0.102. The van der Waals surface area contributed by atoms with Crippen molar-refractivity contribution in [3.63, 3.8) is 0 Å². The van der Waals surface area contributed by atoms with E-state index in [4.69, 9.17) is 10.5 Å². The van der Waals surface area contributed by atoms with E-state index in [2.05, 4.69) is 5.10 Å². The number of aromatic nitrogens is 2. The maximum absolute atomic E-state index is 12.5. The van der Waals surface area contributed by atoms with Gasteiger partial charge in [0.2, 0.25) is 10.0 Å². The maximum Gasteiger partial charge on any atom is 0.246 e. The van der Waals surface area contributed by atoms with Gasteiger partial charge in [0.15, 0.2) is 0 Å². The van der Waals surface area contributed by atoms with Gasteiger partial charge in [-0.15, -0.1) is 0 Å². The number of rotatable bonds is 6. The number of ether oxygens (including phenoxy) is 1. The van der Waals surface area contributed by atoms with Crippen molar-refractivity contribution in [3.05, 3.63) is 12.4 Å². The molecule has 0 aliphatic carbocycles. The first kappa shape index (κ1) is 15.4. The van der Waals surface area contributed by atoms with Gasteiger partial charge in [-0.05, 0) is 26.3 Å². The number of sulfonamides is 1. The average molecular weight is 302 g/mol. The Balaban J connectivity index is 2.15. The summed E-state index contributed by atoms with van der Waals surface area (Å²) in [6.45, 7) is 3.67. The molecule has 0 radical (unpaired) electrons. The monoisotopic (exact) mass is 302 g/mol. The second-order valence-electron chi connectivity index (χ2n) is 5.03. The zero-order valence-corrected chi connectivity index (χ0v) is 12.7. The molecule has 2 rings (SSSR count). The zero-order chi connectivity index (χ0) is 14.8. The molecule has 1 fully saturated rings. The molecule has 0 amide bonds. The summed E-state index contributed by atoms with van der Waals surface area (Å²) in [5.74, 6) is 0. The third-order valence-corrected chi connectivity index (χ3v) is 5.52. The molecule has 1 aliphatic heterocycles. The first-order chi connectivity index (χ1) is 9.46. The van der Waals surface area contributed by atoms with E-state index in [1.165, 1.54) is 10.5 Å². The zero-order valence-electron chi connectivity index (χ0n) is 11.9. The number of nitrogens with two attached hydrogens (primary N) is 1. The maximum atomic E-state index is 12.5. The van der Waals surface area contributed by atoms with E-state index in [0.717, 1.165) is 12.8 Å². The van der Waals surface area contributed by atoms with Crippen LogP contribution in [0.3, 0.4) is 0 Å². The van der Waals surface area contributed by atoms with Crippen LogP contribution in [0.5, 0.6) is 0 Å². The molecule has 0 bridgehead atoms. The van der Waals surface area contributed by atoms with Gasteiger partial charge in [-0.2, -0.15) is 9.40 Å². The molecule has 0 spiro atoms. The predicted molar refractivity (Wildman–Crippen MR) is 74.7 cm³/mol. The summed E-state index contributed by atoms with van der Waals surface area (Å²) in [6, 6.07) is -0.118. The van der Waals surface area contributed by atoms with Crippen LogP contribution in [0.25, 0.3) is 0 Å². The van der Waals surface area contributed by atoms with E-state index in [9.17, 15) is 8.42 Å². The minimum atomic E-state index is -3.52. The molecule has 2 heterocycles. The summed E-state index contributed by atoms with van der Waals surface area (Å²) in [7, 11) is -1.92. The lowest BCUT2D eigenvalue weighted by atomic mass is 10.2. The fourth-order valence-electron chi connectivity index (χ4n) is 2.40. The van der Waals surface area contributed by atoms with Crippen LogP contribution in [0.1, 0.15) is 19.8 Å². The van der Waals surface area contributed by atoms with Crippen molar-refractivity contribution < 1.29 is 13.2 Å². The Labute approximate surface area is 119 Å². The largest absolute Gasteiger partial charge is 0.377 e. The summed E-state index contributed by atoms with van der Waals surface area (Å²) in [5, 5.41) is 4.07. The number of likely N-dealkylation sites (N-methyl/N-ethyl adjacent to an activating group) is 1. The van der Waals surface area contributed by atoms with E-state index in [1.54, 1.807) is 17.9 Å². The van der Waals surface area contributed by atoms with Crippen LogP contribution in [-0.4, -0.2) is 54.8 Å². The van der Waals surface area contributed by atoms with E-state index in [-0.39, 0.29) is 17.0 Å². The molecule has 2 unspecified atom stereocenters. The highest BCUT2D eigenvalue weighted by Gasteiger charge is 2.35. The summed E-state index contributed by atoms with van der Waals surface area (Å²) in [5.41, 5.74) is 5.43. The van der Waals surface area contributed by atoms with Crippen molar-refractivity contribution >= 4 is 10.0 Å². The van der Waals surface area contributed by atoms with Crippen molar-refractivity contribution in [3.8, 4) is 0 Å². The Kier molecular flexibility index (Phi) is 4.79. The molecule has 1 aliphatic rings. The van der Waals surface area contributed by atoms with Gasteiger partial charge in [0, 0.05) is 26.4 Å². The summed E-state index contributed by atoms with van der Waals surface area (Å²) >= 11 is 0. The number of nitrogens with zero attached hydrogens (tertiary/aromatic N) is 3.